The number of morpholine rings is 1. The van der Waals surface area contributed by atoms with Gasteiger partial charge in [0.25, 0.3) is 0 Å². The summed E-state index contributed by atoms with van der Waals surface area (Å²) in [6.07, 6.45) is 1.43. The van der Waals surface area contributed by atoms with Crippen molar-refractivity contribution >= 4 is 21.6 Å². The first kappa shape index (κ1) is 22.7. The van der Waals surface area contributed by atoms with E-state index >= 15 is 0 Å². The number of likely N-dealkylation sites (tertiary alicyclic amines) is 1. The summed E-state index contributed by atoms with van der Waals surface area (Å²) in [5.74, 6) is -0.131. The SMILES string of the molecule is O=C(Nc1ccccc1O)C1CCN(Cc2cccc(S(=O)(=O)N3CCOCC3)c2)CC1. The van der Waals surface area contributed by atoms with E-state index in [2.05, 4.69) is 10.2 Å². The van der Waals surface area contributed by atoms with E-state index in [1.807, 2.05) is 6.07 Å². The standard InChI is InChI=1S/C23H29N3O5S/c27-22-7-2-1-6-21(22)24-23(28)19-8-10-25(11-9-19)17-18-4-3-5-20(16-18)32(29,30)26-12-14-31-15-13-26/h1-7,16,19,27H,8-15,17H2,(H,24,28). The first-order chi connectivity index (χ1) is 15.4. The minimum atomic E-state index is -3.52. The molecule has 0 radical (unpaired) electrons. The Morgan fingerprint density at radius 2 is 1.75 bits per heavy atom. The fourth-order valence-electron chi connectivity index (χ4n) is 4.17. The van der Waals surface area contributed by atoms with Crippen molar-refractivity contribution in [2.24, 2.45) is 5.92 Å². The zero-order chi connectivity index (χ0) is 22.6. The normalized spacial score (nSPS) is 19.0. The largest absolute Gasteiger partial charge is 0.506 e. The van der Waals surface area contributed by atoms with Crippen LogP contribution < -0.4 is 5.32 Å². The summed E-state index contributed by atoms with van der Waals surface area (Å²) in [4.78, 5) is 15.1. The number of rotatable bonds is 6. The van der Waals surface area contributed by atoms with Crippen LogP contribution >= 0.6 is 0 Å². The molecule has 2 aromatic rings. The second kappa shape index (κ2) is 9.99. The van der Waals surface area contributed by atoms with Gasteiger partial charge in [0.15, 0.2) is 0 Å². The molecular formula is C23H29N3O5S. The molecule has 0 atom stereocenters. The van der Waals surface area contributed by atoms with Crippen LogP contribution in [0.5, 0.6) is 5.75 Å². The number of anilines is 1. The van der Waals surface area contributed by atoms with Crippen molar-refractivity contribution in [3.8, 4) is 5.75 Å². The van der Waals surface area contributed by atoms with Gasteiger partial charge in [-0.25, -0.2) is 8.42 Å². The van der Waals surface area contributed by atoms with Gasteiger partial charge in [-0.05, 0) is 55.8 Å². The van der Waals surface area contributed by atoms with Crippen LogP contribution in [-0.2, 0) is 26.1 Å². The maximum atomic E-state index is 12.9. The molecule has 9 heteroatoms. The number of phenolic OH excluding ortho intramolecular Hbond substituents is 1. The number of piperidine rings is 1. The third kappa shape index (κ3) is 5.29. The number of nitrogens with zero attached hydrogens (tertiary/aromatic N) is 2. The smallest absolute Gasteiger partial charge is 0.243 e. The van der Waals surface area contributed by atoms with Gasteiger partial charge in [0.2, 0.25) is 15.9 Å². The molecule has 1 amide bonds. The van der Waals surface area contributed by atoms with E-state index in [0.717, 1.165) is 18.7 Å². The molecule has 4 rings (SSSR count). The number of benzene rings is 2. The van der Waals surface area contributed by atoms with Crippen molar-refractivity contribution < 1.29 is 23.1 Å². The highest BCUT2D eigenvalue weighted by atomic mass is 32.2. The number of ether oxygens (including phenoxy) is 1. The predicted molar refractivity (Wildman–Crippen MR) is 121 cm³/mol. The quantitative estimate of drug-likeness (QED) is 0.643. The van der Waals surface area contributed by atoms with Gasteiger partial charge in [0.1, 0.15) is 5.75 Å². The van der Waals surface area contributed by atoms with Gasteiger partial charge < -0.3 is 15.2 Å². The van der Waals surface area contributed by atoms with Crippen LogP contribution in [0.1, 0.15) is 18.4 Å². The molecule has 0 aromatic heterocycles. The maximum absolute atomic E-state index is 12.9. The number of aromatic hydroxyl groups is 1. The monoisotopic (exact) mass is 459 g/mol. The molecule has 2 aliphatic heterocycles. The van der Waals surface area contributed by atoms with Crippen LogP contribution in [0, 0.1) is 5.92 Å². The Hall–Kier alpha value is -2.46. The average molecular weight is 460 g/mol. The minimum Gasteiger partial charge on any atom is -0.506 e. The molecular weight excluding hydrogens is 430 g/mol. The zero-order valence-corrected chi connectivity index (χ0v) is 18.8. The molecule has 0 saturated carbocycles. The van der Waals surface area contributed by atoms with Gasteiger partial charge >= 0.3 is 0 Å². The molecule has 32 heavy (non-hydrogen) atoms. The molecule has 2 fully saturated rings. The number of hydrogen-bond donors (Lipinski definition) is 2. The topological polar surface area (TPSA) is 99.2 Å². The van der Waals surface area contributed by atoms with E-state index in [-0.39, 0.29) is 17.6 Å². The Balaban J connectivity index is 1.33. The van der Waals surface area contributed by atoms with E-state index in [9.17, 15) is 18.3 Å². The molecule has 0 aliphatic carbocycles. The molecule has 0 spiro atoms. The molecule has 2 heterocycles. The molecule has 0 bridgehead atoms. The lowest BCUT2D eigenvalue weighted by molar-refractivity contribution is -0.121. The zero-order valence-electron chi connectivity index (χ0n) is 17.9. The molecule has 0 unspecified atom stereocenters. The summed E-state index contributed by atoms with van der Waals surface area (Å²) in [5, 5.41) is 12.7. The van der Waals surface area contributed by atoms with Crippen LogP contribution in [-0.4, -0.2) is 68.0 Å². The molecule has 2 saturated heterocycles. The van der Waals surface area contributed by atoms with Crippen molar-refractivity contribution in [3.05, 3.63) is 54.1 Å². The van der Waals surface area contributed by atoms with E-state index in [4.69, 9.17) is 4.74 Å². The lowest BCUT2D eigenvalue weighted by Crippen LogP contribution is -2.40. The van der Waals surface area contributed by atoms with Gasteiger partial charge in [-0.2, -0.15) is 4.31 Å². The fourth-order valence-corrected chi connectivity index (χ4v) is 5.64. The molecule has 2 aromatic carbocycles. The Morgan fingerprint density at radius 3 is 2.47 bits per heavy atom. The Kier molecular flexibility index (Phi) is 7.10. The second-order valence-corrected chi connectivity index (χ2v) is 10.2. The number of para-hydroxylation sites is 2. The van der Waals surface area contributed by atoms with Crippen molar-refractivity contribution in [3.63, 3.8) is 0 Å². The minimum absolute atomic E-state index is 0.0604. The first-order valence-electron chi connectivity index (χ1n) is 10.9. The van der Waals surface area contributed by atoms with Crippen LogP contribution in [0.3, 0.4) is 0 Å². The predicted octanol–water partition coefficient (Wildman–Crippen LogP) is 2.26. The molecule has 2 aliphatic rings. The first-order valence-corrected chi connectivity index (χ1v) is 12.4. The summed E-state index contributed by atoms with van der Waals surface area (Å²) < 4.78 is 32.6. The number of nitrogens with one attached hydrogen (secondary N) is 1. The number of phenols is 1. The molecule has 172 valence electrons. The molecule has 8 nitrogen and oxygen atoms in total. The fraction of sp³-hybridized carbons (Fsp3) is 0.435. The van der Waals surface area contributed by atoms with Crippen LogP contribution in [0.25, 0.3) is 0 Å². The highest BCUT2D eigenvalue weighted by molar-refractivity contribution is 7.89. The summed E-state index contributed by atoms with van der Waals surface area (Å²) in [7, 11) is -3.52. The lowest BCUT2D eigenvalue weighted by atomic mass is 9.95. The number of carbonyl (C=O) groups is 1. The van der Waals surface area contributed by atoms with E-state index < -0.39 is 10.0 Å². The van der Waals surface area contributed by atoms with Crippen molar-refractivity contribution in [2.45, 2.75) is 24.3 Å². The van der Waals surface area contributed by atoms with E-state index in [1.54, 1.807) is 42.5 Å². The van der Waals surface area contributed by atoms with Crippen LogP contribution in [0.15, 0.2) is 53.4 Å². The van der Waals surface area contributed by atoms with Gasteiger partial charge in [-0.3, -0.25) is 9.69 Å². The maximum Gasteiger partial charge on any atom is 0.243 e. The third-order valence-corrected chi connectivity index (χ3v) is 7.93. The van der Waals surface area contributed by atoms with Crippen molar-refractivity contribution in [1.29, 1.82) is 0 Å². The number of hydrogen-bond acceptors (Lipinski definition) is 6. The van der Waals surface area contributed by atoms with Crippen molar-refractivity contribution in [2.75, 3.05) is 44.7 Å². The summed E-state index contributed by atoms with van der Waals surface area (Å²) >= 11 is 0. The summed E-state index contributed by atoms with van der Waals surface area (Å²) in [6, 6.07) is 13.8. The van der Waals surface area contributed by atoms with Gasteiger partial charge in [0, 0.05) is 25.6 Å². The summed E-state index contributed by atoms with van der Waals surface area (Å²) in [6.45, 7) is 3.74. The van der Waals surface area contributed by atoms with E-state index in [1.165, 1.54) is 4.31 Å². The van der Waals surface area contributed by atoms with Crippen molar-refractivity contribution in [1.82, 2.24) is 9.21 Å². The second-order valence-electron chi connectivity index (χ2n) is 8.22. The third-order valence-electron chi connectivity index (χ3n) is 6.03. The van der Waals surface area contributed by atoms with Crippen LogP contribution in [0.4, 0.5) is 5.69 Å². The highest BCUT2D eigenvalue weighted by Crippen LogP contribution is 2.26. The highest BCUT2D eigenvalue weighted by Gasteiger charge is 2.28. The van der Waals surface area contributed by atoms with Gasteiger partial charge in [-0.15, -0.1) is 0 Å². The number of sulfonamides is 1. The number of carbonyl (C=O) groups excluding carboxylic acids is 1. The lowest BCUT2D eigenvalue weighted by Gasteiger charge is -2.31. The Morgan fingerprint density at radius 1 is 1.03 bits per heavy atom. The van der Waals surface area contributed by atoms with E-state index in [0.29, 0.717) is 56.3 Å². The Bertz CT molecular complexity index is 1050. The Labute approximate surface area is 188 Å². The summed E-state index contributed by atoms with van der Waals surface area (Å²) in [5.41, 5.74) is 1.37. The van der Waals surface area contributed by atoms with Gasteiger partial charge in [0.05, 0.1) is 23.8 Å². The van der Waals surface area contributed by atoms with Crippen LogP contribution in [0.2, 0.25) is 0 Å². The number of amides is 1. The van der Waals surface area contributed by atoms with Gasteiger partial charge in [-0.1, -0.05) is 24.3 Å². The average Bonchev–Trinajstić information content (AvgIpc) is 2.82. The molecule has 2 N–H and O–H groups in total.